The number of hydrogen-bond acceptors (Lipinski definition) is 3. The van der Waals surface area contributed by atoms with Crippen molar-refractivity contribution in [2.75, 3.05) is 16.8 Å². The fourth-order valence-corrected chi connectivity index (χ4v) is 4.87. The highest BCUT2D eigenvalue weighted by atomic mass is 16.2. The van der Waals surface area contributed by atoms with E-state index in [1.54, 1.807) is 36.2 Å². The molecule has 5 nitrogen and oxygen atoms in total. The van der Waals surface area contributed by atoms with Crippen molar-refractivity contribution < 1.29 is 14.4 Å². The fourth-order valence-electron chi connectivity index (χ4n) is 4.87. The topological polar surface area (TPSA) is 57.7 Å². The maximum absolute atomic E-state index is 12.9. The maximum atomic E-state index is 12.9. The van der Waals surface area contributed by atoms with Gasteiger partial charge in [-0.3, -0.25) is 19.3 Å². The minimum atomic E-state index is -0.215. The number of rotatable bonds is 3. The van der Waals surface area contributed by atoms with E-state index in [-0.39, 0.29) is 41.4 Å². The number of anilines is 2. The first-order valence-corrected chi connectivity index (χ1v) is 9.55. The zero-order valence-corrected chi connectivity index (χ0v) is 15.5. The lowest BCUT2D eigenvalue weighted by molar-refractivity contribution is -0.123. The largest absolute Gasteiger partial charge is 0.311 e. The Balaban J connectivity index is 1.38. The van der Waals surface area contributed by atoms with Gasteiger partial charge in [0.15, 0.2) is 0 Å². The van der Waals surface area contributed by atoms with Gasteiger partial charge in [0.05, 0.1) is 17.5 Å². The first-order valence-electron chi connectivity index (χ1n) is 9.55. The van der Waals surface area contributed by atoms with Gasteiger partial charge >= 0.3 is 0 Å². The van der Waals surface area contributed by atoms with Gasteiger partial charge in [-0.1, -0.05) is 30.4 Å². The zero-order chi connectivity index (χ0) is 19.4. The highest BCUT2D eigenvalue weighted by Crippen LogP contribution is 2.53. The van der Waals surface area contributed by atoms with Gasteiger partial charge in [0.25, 0.3) is 5.91 Å². The van der Waals surface area contributed by atoms with Crippen LogP contribution in [0.2, 0.25) is 0 Å². The van der Waals surface area contributed by atoms with E-state index >= 15 is 0 Å². The molecule has 1 heterocycles. The molecule has 2 aromatic carbocycles. The van der Waals surface area contributed by atoms with Crippen molar-refractivity contribution in [3.63, 3.8) is 0 Å². The van der Waals surface area contributed by atoms with Crippen LogP contribution in [0.1, 0.15) is 16.8 Å². The van der Waals surface area contributed by atoms with E-state index in [2.05, 4.69) is 12.2 Å². The second-order valence-corrected chi connectivity index (χ2v) is 7.76. The fraction of sp³-hybridized carbons (Fsp3) is 0.261. The molecular weight excluding hydrogens is 352 g/mol. The quantitative estimate of drug-likeness (QED) is 0.614. The normalized spacial score (nSPS) is 27.4. The summed E-state index contributed by atoms with van der Waals surface area (Å²) in [6, 6.07) is 16.1. The van der Waals surface area contributed by atoms with E-state index in [0.29, 0.717) is 11.3 Å². The van der Waals surface area contributed by atoms with Crippen molar-refractivity contribution in [2.24, 2.45) is 23.7 Å². The summed E-state index contributed by atoms with van der Waals surface area (Å²) < 4.78 is 0. The highest BCUT2D eigenvalue weighted by Gasteiger charge is 2.59. The van der Waals surface area contributed by atoms with E-state index < -0.39 is 0 Å². The molecule has 28 heavy (non-hydrogen) atoms. The van der Waals surface area contributed by atoms with Gasteiger partial charge in [0.1, 0.15) is 0 Å². The summed E-state index contributed by atoms with van der Waals surface area (Å²) in [6.07, 6.45) is 5.09. The SMILES string of the molecule is CN(C(=O)c1ccc(N2C(=O)[C@@H]3[C@@H](C2=O)[C@H]2C=C[C@H]3C2)cc1)c1ccccc1. The Labute approximate surface area is 163 Å². The lowest BCUT2D eigenvalue weighted by Crippen LogP contribution is -2.33. The first-order chi connectivity index (χ1) is 13.6. The van der Waals surface area contributed by atoms with E-state index in [1.807, 2.05) is 30.3 Å². The lowest BCUT2D eigenvalue weighted by atomic mass is 9.85. The van der Waals surface area contributed by atoms with Crippen molar-refractivity contribution in [1.29, 1.82) is 0 Å². The van der Waals surface area contributed by atoms with Crippen LogP contribution in [0.4, 0.5) is 11.4 Å². The van der Waals surface area contributed by atoms with Crippen LogP contribution in [-0.4, -0.2) is 24.8 Å². The van der Waals surface area contributed by atoms with Gasteiger partial charge in [0, 0.05) is 18.3 Å². The molecule has 2 bridgehead atoms. The number of imide groups is 1. The van der Waals surface area contributed by atoms with Gasteiger partial charge in [0.2, 0.25) is 11.8 Å². The molecule has 0 aromatic heterocycles. The third kappa shape index (κ3) is 2.35. The molecule has 0 radical (unpaired) electrons. The summed E-state index contributed by atoms with van der Waals surface area (Å²) >= 11 is 0. The van der Waals surface area contributed by atoms with Crippen molar-refractivity contribution in [2.45, 2.75) is 6.42 Å². The van der Waals surface area contributed by atoms with Gasteiger partial charge in [-0.05, 0) is 54.7 Å². The number of amides is 3. The number of benzene rings is 2. The molecule has 1 aliphatic heterocycles. The number of fused-ring (bicyclic) bond motifs is 5. The average molecular weight is 372 g/mol. The van der Waals surface area contributed by atoms with Crippen LogP contribution in [0.25, 0.3) is 0 Å². The second-order valence-electron chi connectivity index (χ2n) is 7.76. The second kappa shape index (κ2) is 6.16. The summed E-state index contributed by atoms with van der Waals surface area (Å²) in [6.45, 7) is 0. The van der Waals surface area contributed by atoms with Crippen molar-refractivity contribution >= 4 is 29.1 Å². The van der Waals surface area contributed by atoms with Crippen LogP contribution in [0.3, 0.4) is 0 Å². The average Bonchev–Trinajstić information content (AvgIpc) is 3.41. The molecule has 140 valence electrons. The predicted molar refractivity (Wildman–Crippen MR) is 106 cm³/mol. The van der Waals surface area contributed by atoms with Crippen LogP contribution in [-0.2, 0) is 9.59 Å². The Morgan fingerprint density at radius 3 is 2.04 bits per heavy atom. The van der Waals surface area contributed by atoms with Crippen LogP contribution < -0.4 is 9.80 Å². The van der Waals surface area contributed by atoms with Gasteiger partial charge in [-0.25, -0.2) is 0 Å². The molecule has 0 spiro atoms. The minimum Gasteiger partial charge on any atom is -0.311 e. The lowest BCUT2D eigenvalue weighted by Gasteiger charge is -2.19. The highest BCUT2D eigenvalue weighted by molar-refractivity contribution is 6.23. The Morgan fingerprint density at radius 2 is 1.46 bits per heavy atom. The minimum absolute atomic E-state index is 0.104. The Bertz CT molecular complexity index is 966. The van der Waals surface area contributed by atoms with Crippen LogP contribution in [0.15, 0.2) is 66.7 Å². The maximum Gasteiger partial charge on any atom is 0.258 e. The number of carbonyl (C=O) groups is 3. The standard InChI is InChI=1S/C23H20N2O3/c1-24(17-5-3-2-4-6-17)21(26)14-9-11-18(12-10-14)25-22(27)19-15-7-8-16(13-15)20(19)23(25)28/h2-12,15-16,19-20H,13H2,1H3/t15-,16-,19-,20-/m0/s1. The Kier molecular flexibility index (Phi) is 3.72. The van der Waals surface area contributed by atoms with Crippen molar-refractivity contribution in [3.05, 3.63) is 72.3 Å². The molecule has 0 unspecified atom stereocenters. The van der Waals surface area contributed by atoms with E-state index in [9.17, 15) is 14.4 Å². The number of hydrogen-bond donors (Lipinski definition) is 0. The molecule has 1 saturated carbocycles. The summed E-state index contributed by atoms with van der Waals surface area (Å²) in [4.78, 5) is 41.4. The number of carbonyl (C=O) groups excluding carboxylic acids is 3. The first kappa shape index (κ1) is 16.9. The van der Waals surface area contributed by atoms with Crippen LogP contribution in [0.5, 0.6) is 0 Å². The number of para-hydroxylation sites is 1. The molecule has 5 rings (SSSR count). The van der Waals surface area contributed by atoms with Crippen LogP contribution in [0, 0.1) is 23.7 Å². The predicted octanol–water partition coefficient (Wildman–Crippen LogP) is 3.27. The third-order valence-electron chi connectivity index (χ3n) is 6.29. The van der Waals surface area contributed by atoms with Crippen LogP contribution >= 0.6 is 0 Å². The number of allylic oxidation sites excluding steroid dienone is 2. The molecule has 2 fully saturated rings. The molecule has 2 aromatic rings. The van der Waals surface area contributed by atoms with E-state index in [1.165, 1.54) is 4.90 Å². The molecule has 3 aliphatic rings. The Morgan fingerprint density at radius 1 is 0.893 bits per heavy atom. The molecular formula is C23H20N2O3. The van der Waals surface area contributed by atoms with E-state index in [4.69, 9.17) is 0 Å². The molecule has 5 heteroatoms. The zero-order valence-electron chi connectivity index (χ0n) is 15.5. The Hall–Kier alpha value is -3.21. The van der Waals surface area contributed by atoms with Crippen molar-refractivity contribution in [1.82, 2.24) is 0 Å². The molecule has 2 aliphatic carbocycles. The molecule has 0 N–H and O–H groups in total. The van der Waals surface area contributed by atoms with Gasteiger partial charge in [-0.2, -0.15) is 0 Å². The summed E-state index contributed by atoms with van der Waals surface area (Å²) in [5.41, 5.74) is 1.86. The molecule has 3 amide bonds. The third-order valence-corrected chi connectivity index (χ3v) is 6.29. The monoisotopic (exact) mass is 372 g/mol. The van der Waals surface area contributed by atoms with Crippen molar-refractivity contribution in [3.8, 4) is 0 Å². The summed E-state index contributed by atoms with van der Waals surface area (Å²) in [5, 5.41) is 0. The number of nitrogens with zero attached hydrogens (tertiary/aromatic N) is 2. The molecule has 1 saturated heterocycles. The summed E-state index contributed by atoms with van der Waals surface area (Å²) in [5.74, 6) is -0.398. The smallest absolute Gasteiger partial charge is 0.258 e. The van der Waals surface area contributed by atoms with E-state index in [0.717, 1.165) is 12.1 Å². The molecule has 4 atom stereocenters. The van der Waals surface area contributed by atoms with Gasteiger partial charge in [-0.15, -0.1) is 0 Å². The summed E-state index contributed by atoms with van der Waals surface area (Å²) in [7, 11) is 1.73. The van der Waals surface area contributed by atoms with Gasteiger partial charge < -0.3 is 4.90 Å².